The van der Waals surface area contributed by atoms with Crippen LogP contribution in [0.15, 0.2) is 48.5 Å². The summed E-state index contributed by atoms with van der Waals surface area (Å²) in [5.74, 6) is 0.527. The van der Waals surface area contributed by atoms with Crippen molar-refractivity contribution in [3.63, 3.8) is 0 Å². The van der Waals surface area contributed by atoms with Crippen LogP contribution >= 0.6 is 11.6 Å². The second-order valence-electron chi connectivity index (χ2n) is 8.83. The summed E-state index contributed by atoms with van der Waals surface area (Å²) in [5, 5.41) is 3.60. The van der Waals surface area contributed by atoms with Gasteiger partial charge < -0.3 is 15.0 Å². The van der Waals surface area contributed by atoms with E-state index in [1.54, 1.807) is 24.0 Å². The molecule has 1 N–H and O–H groups in total. The lowest BCUT2D eigenvalue weighted by atomic mass is 10.1. The average Bonchev–Trinajstić information content (AvgIpc) is 2.70. The zero-order valence-electron chi connectivity index (χ0n) is 19.1. The summed E-state index contributed by atoms with van der Waals surface area (Å²) in [4.78, 5) is 27.4. The number of hydrogen-bond donors (Lipinski definition) is 1. The van der Waals surface area contributed by atoms with Gasteiger partial charge in [-0.3, -0.25) is 9.59 Å². The maximum atomic E-state index is 13.0. The summed E-state index contributed by atoms with van der Waals surface area (Å²) in [6.45, 7) is 10.3. The van der Waals surface area contributed by atoms with Crippen molar-refractivity contribution in [1.29, 1.82) is 0 Å². The number of nitrogens with zero attached hydrogens (tertiary/aromatic N) is 1. The molecular formula is C25H33ClN2O3. The number of benzene rings is 2. The fraction of sp³-hybridized carbons (Fsp3) is 0.440. The van der Waals surface area contributed by atoms with Gasteiger partial charge in [-0.05, 0) is 70.9 Å². The summed E-state index contributed by atoms with van der Waals surface area (Å²) >= 11 is 5.98. The van der Waals surface area contributed by atoms with E-state index in [9.17, 15) is 9.59 Å². The van der Waals surface area contributed by atoms with Crippen LogP contribution in [-0.2, 0) is 16.1 Å². The van der Waals surface area contributed by atoms with Crippen LogP contribution in [0.25, 0.3) is 0 Å². The van der Waals surface area contributed by atoms with E-state index in [-0.39, 0.29) is 17.4 Å². The van der Waals surface area contributed by atoms with Crippen molar-refractivity contribution in [3.8, 4) is 5.75 Å². The van der Waals surface area contributed by atoms with E-state index in [1.807, 2.05) is 64.1 Å². The van der Waals surface area contributed by atoms with E-state index >= 15 is 0 Å². The molecule has 0 fully saturated rings. The summed E-state index contributed by atoms with van der Waals surface area (Å²) in [6, 6.07) is 14.5. The molecule has 168 valence electrons. The van der Waals surface area contributed by atoms with Crippen molar-refractivity contribution in [2.45, 2.75) is 65.6 Å². The molecule has 0 saturated carbocycles. The molecule has 0 spiro atoms. The van der Waals surface area contributed by atoms with Crippen LogP contribution < -0.4 is 10.1 Å². The first-order valence-corrected chi connectivity index (χ1v) is 11.0. The molecule has 2 aromatic rings. The Morgan fingerprint density at radius 1 is 1.06 bits per heavy atom. The summed E-state index contributed by atoms with van der Waals surface area (Å²) in [6.07, 6.45) is 0.865. The maximum Gasteiger partial charge on any atom is 0.242 e. The predicted octanol–water partition coefficient (Wildman–Crippen LogP) is 5.14. The Labute approximate surface area is 190 Å². The standard InChI is InChI=1S/C25H33ClN2O3/c1-18-8-14-22(15-9-18)31-16-6-7-23(29)28(17-20-10-12-21(26)13-11-20)19(2)24(30)27-25(3,4)5/h8-15,19H,6-7,16-17H2,1-5H3,(H,27,30). The van der Waals surface area contributed by atoms with E-state index < -0.39 is 6.04 Å². The first kappa shape index (κ1) is 24.7. The molecule has 0 bridgehead atoms. The van der Waals surface area contributed by atoms with Crippen LogP contribution in [0, 0.1) is 6.92 Å². The molecular weight excluding hydrogens is 412 g/mol. The second-order valence-corrected chi connectivity index (χ2v) is 9.26. The molecule has 0 aliphatic heterocycles. The van der Waals surface area contributed by atoms with Crippen molar-refractivity contribution < 1.29 is 14.3 Å². The lowest BCUT2D eigenvalue weighted by Gasteiger charge is -2.31. The number of aryl methyl sites for hydroxylation is 1. The van der Waals surface area contributed by atoms with Crippen molar-refractivity contribution >= 4 is 23.4 Å². The van der Waals surface area contributed by atoms with Gasteiger partial charge in [-0.25, -0.2) is 0 Å². The van der Waals surface area contributed by atoms with Crippen LogP contribution in [0.4, 0.5) is 0 Å². The van der Waals surface area contributed by atoms with E-state index in [2.05, 4.69) is 5.32 Å². The summed E-state index contributed by atoms with van der Waals surface area (Å²) in [7, 11) is 0. The van der Waals surface area contributed by atoms with E-state index in [4.69, 9.17) is 16.3 Å². The number of hydrogen-bond acceptors (Lipinski definition) is 3. The Morgan fingerprint density at radius 3 is 2.26 bits per heavy atom. The summed E-state index contributed by atoms with van der Waals surface area (Å²) in [5.41, 5.74) is 1.72. The zero-order valence-corrected chi connectivity index (χ0v) is 19.8. The van der Waals surface area contributed by atoms with E-state index in [1.165, 1.54) is 5.56 Å². The normalized spacial score (nSPS) is 12.2. The van der Waals surface area contributed by atoms with Crippen LogP contribution in [-0.4, -0.2) is 34.9 Å². The molecule has 1 unspecified atom stereocenters. The zero-order chi connectivity index (χ0) is 23.0. The van der Waals surface area contributed by atoms with Crippen molar-refractivity contribution in [2.24, 2.45) is 0 Å². The number of amides is 2. The van der Waals surface area contributed by atoms with Gasteiger partial charge in [0, 0.05) is 23.5 Å². The lowest BCUT2D eigenvalue weighted by Crippen LogP contribution is -2.52. The lowest BCUT2D eigenvalue weighted by molar-refractivity contribution is -0.141. The minimum absolute atomic E-state index is 0.0842. The smallest absolute Gasteiger partial charge is 0.242 e. The first-order chi connectivity index (χ1) is 14.5. The Morgan fingerprint density at radius 2 is 1.68 bits per heavy atom. The molecule has 0 aromatic heterocycles. The maximum absolute atomic E-state index is 13.0. The second kappa shape index (κ2) is 11.2. The fourth-order valence-electron chi connectivity index (χ4n) is 3.03. The Balaban J connectivity index is 2.01. The SMILES string of the molecule is Cc1ccc(OCCCC(=O)N(Cc2ccc(Cl)cc2)C(C)C(=O)NC(C)(C)C)cc1. The number of rotatable bonds is 9. The fourth-order valence-corrected chi connectivity index (χ4v) is 3.16. The van der Waals surface area contributed by atoms with Gasteiger partial charge in [-0.15, -0.1) is 0 Å². The number of carbonyl (C=O) groups is 2. The van der Waals surface area contributed by atoms with E-state index in [0.29, 0.717) is 31.0 Å². The minimum Gasteiger partial charge on any atom is -0.494 e. The molecule has 0 saturated heterocycles. The highest BCUT2D eigenvalue weighted by Gasteiger charge is 2.28. The molecule has 0 aliphatic carbocycles. The van der Waals surface area contributed by atoms with E-state index in [0.717, 1.165) is 11.3 Å². The van der Waals surface area contributed by atoms with Gasteiger partial charge in [-0.2, -0.15) is 0 Å². The number of nitrogens with one attached hydrogen (secondary N) is 1. The third kappa shape index (κ3) is 8.62. The van der Waals surface area contributed by atoms with Crippen LogP contribution in [0.1, 0.15) is 51.7 Å². The number of halogens is 1. The van der Waals surface area contributed by atoms with Crippen molar-refractivity contribution in [1.82, 2.24) is 10.2 Å². The number of ether oxygens (including phenoxy) is 1. The highest BCUT2D eigenvalue weighted by molar-refractivity contribution is 6.30. The topological polar surface area (TPSA) is 58.6 Å². The average molecular weight is 445 g/mol. The highest BCUT2D eigenvalue weighted by atomic mass is 35.5. The molecule has 2 rings (SSSR count). The molecule has 5 nitrogen and oxygen atoms in total. The Bertz CT molecular complexity index is 858. The minimum atomic E-state index is -0.597. The molecule has 0 heterocycles. The quantitative estimate of drug-likeness (QED) is 0.545. The van der Waals surface area contributed by atoms with Gasteiger partial charge >= 0.3 is 0 Å². The van der Waals surface area contributed by atoms with Crippen LogP contribution in [0.5, 0.6) is 5.75 Å². The van der Waals surface area contributed by atoms with Gasteiger partial charge in [0.1, 0.15) is 11.8 Å². The molecule has 1 atom stereocenters. The molecule has 0 radical (unpaired) electrons. The van der Waals surface area contributed by atoms with Crippen molar-refractivity contribution in [2.75, 3.05) is 6.61 Å². The predicted molar refractivity (Wildman–Crippen MR) is 125 cm³/mol. The van der Waals surface area contributed by atoms with Crippen molar-refractivity contribution in [3.05, 3.63) is 64.7 Å². The molecule has 2 aromatic carbocycles. The number of carbonyl (C=O) groups excluding carboxylic acids is 2. The van der Waals surface area contributed by atoms with Gasteiger partial charge in [0.15, 0.2) is 0 Å². The van der Waals surface area contributed by atoms with Gasteiger partial charge in [-0.1, -0.05) is 41.4 Å². The summed E-state index contributed by atoms with van der Waals surface area (Å²) < 4.78 is 5.73. The largest absolute Gasteiger partial charge is 0.494 e. The van der Waals surface area contributed by atoms with Crippen LogP contribution in [0.2, 0.25) is 5.02 Å². The Hall–Kier alpha value is -2.53. The first-order valence-electron chi connectivity index (χ1n) is 10.6. The molecule has 2 amide bonds. The third-order valence-electron chi connectivity index (χ3n) is 4.76. The Kier molecular flexibility index (Phi) is 8.93. The highest BCUT2D eigenvalue weighted by Crippen LogP contribution is 2.16. The van der Waals surface area contributed by atoms with Gasteiger partial charge in [0.05, 0.1) is 6.61 Å². The molecule has 0 aliphatic rings. The van der Waals surface area contributed by atoms with Gasteiger partial charge in [0.2, 0.25) is 11.8 Å². The molecule has 31 heavy (non-hydrogen) atoms. The third-order valence-corrected chi connectivity index (χ3v) is 5.01. The van der Waals surface area contributed by atoms with Crippen LogP contribution in [0.3, 0.4) is 0 Å². The van der Waals surface area contributed by atoms with Gasteiger partial charge in [0.25, 0.3) is 0 Å². The monoisotopic (exact) mass is 444 g/mol. The molecule has 6 heteroatoms.